The Morgan fingerprint density at radius 3 is 2.48 bits per heavy atom. The SMILES string of the molecule is COC[C@](C)(O)CNC(=O)C(=O)N[C@@H](C)c1ccccc1. The molecule has 1 aromatic carbocycles. The molecule has 6 heteroatoms. The van der Waals surface area contributed by atoms with Gasteiger partial charge >= 0.3 is 11.8 Å². The molecule has 0 spiro atoms. The maximum Gasteiger partial charge on any atom is 0.309 e. The second-order valence-corrected chi connectivity index (χ2v) is 5.22. The van der Waals surface area contributed by atoms with E-state index in [9.17, 15) is 14.7 Å². The molecule has 2 amide bonds. The van der Waals surface area contributed by atoms with Crippen molar-refractivity contribution in [3.63, 3.8) is 0 Å². The number of methoxy groups -OCH3 is 1. The van der Waals surface area contributed by atoms with Crippen LogP contribution in [0, 0.1) is 0 Å². The lowest BCUT2D eigenvalue weighted by molar-refractivity contribution is -0.140. The fraction of sp³-hybridized carbons (Fsp3) is 0.467. The summed E-state index contributed by atoms with van der Waals surface area (Å²) >= 11 is 0. The van der Waals surface area contributed by atoms with Gasteiger partial charge in [0.05, 0.1) is 12.6 Å². The van der Waals surface area contributed by atoms with Crippen molar-refractivity contribution < 1.29 is 19.4 Å². The highest BCUT2D eigenvalue weighted by atomic mass is 16.5. The second kappa shape index (κ2) is 7.75. The van der Waals surface area contributed by atoms with E-state index in [2.05, 4.69) is 10.6 Å². The van der Waals surface area contributed by atoms with Gasteiger partial charge in [0.2, 0.25) is 0 Å². The standard InChI is InChI=1S/C15H22N2O4/c1-11(12-7-5-4-6-8-12)17-14(19)13(18)16-9-15(2,20)10-21-3/h4-8,11,20H,9-10H2,1-3H3,(H,16,18)(H,17,19)/t11-,15+/m0/s1. The molecule has 0 radical (unpaired) electrons. The van der Waals surface area contributed by atoms with E-state index in [1.54, 1.807) is 6.92 Å². The number of amides is 2. The molecule has 0 unspecified atom stereocenters. The number of nitrogens with one attached hydrogen (secondary N) is 2. The summed E-state index contributed by atoms with van der Waals surface area (Å²) in [6.07, 6.45) is 0. The van der Waals surface area contributed by atoms with Crippen LogP contribution in [0.15, 0.2) is 30.3 Å². The average molecular weight is 294 g/mol. The highest BCUT2D eigenvalue weighted by Gasteiger charge is 2.23. The van der Waals surface area contributed by atoms with Gasteiger partial charge < -0.3 is 20.5 Å². The van der Waals surface area contributed by atoms with Crippen LogP contribution in [0.25, 0.3) is 0 Å². The van der Waals surface area contributed by atoms with Crippen molar-refractivity contribution in [2.24, 2.45) is 0 Å². The third-order valence-electron chi connectivity index (χ3n) is 2.94. The number of rotatable bonds is 6. The minimum Gasteiger partial charge on any atom is -0.386 e. The van der Waals surface area contributed by atoms with E-state index in [1.165, 1.54) is 14.0 Å². The molecule has 21 heavy (non-hydrogen) atoms. The van der Waals surface area contributed by atoms with Gasteiger partial charge in [-0.3, -0.25) is 9.59 Å². The summed E-state index contributed by atoms with van der Waals surface area (Å²) in [6, 6.07) is 9.06. The Bertz CT molecular complexity index is 474. The van der Waals surface area contributed by atoms with Gasteiger partial charge in [0.25, 0.3) is 0 Å². The molecule has 0 heterocycles. The lowest BCUT2D eigenvalue weighted by atomic mass is 10.1. The summed E-state index contributed by atoms with van der Waals surface area (Å²) < 4.78 is 4.82. The molecule has 1 aromatic rings. The Labute approximate surface area is 124 Å². The van der Waals surface area contributed by atoms with Crippen molar-refractivity contribution in [2.75, 3.05) is 20.3 Å². The zero-order valence-corrected chi connectivity index (χ0v) is 12.6. The van der Waals surface area contributed by atoms with E-state index in [4.69, 9.17) is 4.74 Å². The third-order valence-corrected chi connectivity index (χ3v) is 2.94. The Balaban J connectivity index is 2.46. The molecule has 0 aliphatic heterocycles. The molecule has 0 aromatic heterocycles. The predicted molar refractivity (Wildman–Crippen MR) is 78.5 cm³/mol. The van der Waals surface area contributed by atoms with Crippen molar-refractivity contribution >= 4 is 11.8 Å². The Hall–Kier alpha value is -1.92. The number of benzene rings is 1. The summed E-state index contributed by atoms with van der Waals surface area (Å²) in [4.78, 5) is 23.5. The molecule has 2 atom stereocenters. The van der Waals surface area contributed by atoms with Crippen LogP contribution in [0.5, 0.6) is 0 Å². The van der Waals surface area contributed by atoms with Crippen molar-refractivity contribution in [2.45, 2.75) is 25.5 Å². The largest absolute Gasteiger partial charge is 0.386 e. The minimum atomic E-state index is -1.21. The number of hydrogen-bond donors (Lipinski definition) is 3. The monoisotopic (exact) mass is 294 g/mol. The number of ether oxygens (including phenoxy) is 1. The van der Waals surface area contributed by atoms with Gasteiger partial charge in [0, 0.05) is 13.7 Å². The molecule has 6 nitrogen and oxygen atoms in total. The van der Waals surface area contributed by atoms with Crippen LogP contribution in [0.1, 0.15) is 25.5 Å². The van der Waals surface area contributed by atoms with Crippen molar-refractivity contribution in [3.05, 3.63) is 35.9 Å². The predicted octanol–water partition coefficient (Wildman–Crippen LogP) is 0.377. The first kappa shape index (κ1) is 17.1. The lowest BCUT2D eigenvalue weighted by Crippen LogP contribution is -2.48. The molecule has 0 aliphatic carbocycles. The van der Waals surface area contributed by atoms with Crippen LogP contribution in [0.4, 0.5) is 0 Å². The van der Waals surface area contributed by atoms with Crippen LogP contribution >= 0.6 is 0 Å². The second-order valence-electron chi connectivity index (χ2n) is 5.22. The molecular formula is C15H22N2O4. The van der Waals surface area contributed by atoms with Crippen LogP contribution in [-0.2, 0) is 14.3 Å². The van der Waals surface area contributed by atoms with Crippen molar-refractivity contribution in [1.29, 1.82) is 0 Å². The normalized spacial score (nSPS) is 14.9. The van der Waals surface area contributed by atoms with Gasteiger partial charge in [-0.15, -0.1) is 0 Å². The smallest absolute Gasteiger partial charge is 0.309 e. The Kier molecular flexibility index (Phi) is 6.33. The summed E-state index contributed by atoms with van der Waals surface area (Å²) in [7, 11) is 1.45. The van der Waals surface area contributed by atoms with E-state index >= 15 is 0 Å². The zero-order valence-electron chi connectivity index (χ0n) is 12.6. The van der Waals surface area contributed by atoms with Crippen LogP contribution in [0.2, 0.25) is 0 Å². The van der Waals surface area contributed by atoms with Gasteiger partial charge in [0.1, 0.15) is 5.60 Å². The molecule has 0 fully saturated rings. The van der Waals surface area contributed by atoms with Crippen LogP contribution in [-0.4, -0.2) is 42.8 Å². The summed E-state index contributed by atoms with van der Waals surface area (Å²) in [5.74, 6) is -1.52. The van der Waals surface area contributed by atoms with Gasteiger partial charge in [-0.25, -0.2) is 0 Å². The fourth-order valence-corrected chi connectivity index (χ4v) is 1.80. The van der Waals surface area contributed by atoms with E-state index < -0.39 is 17.4 Å². The first-order valence-corrected chi connectivity index (χ1v) is 6.70. The summed E-state index contributed by atoms with van der Waals surface area (Å²) in [6.45, 7) is 3.31. The first-order valence-electron chi connectivity index (χ1n) is 6.70. The van der Waals surface area contributed by atoms with Gasteiger partial charge in [0.15, 0.2) is 0 Å². The molecular weight excluding hydrogens is 272 g/mol. The van der Waals surface area contributed by atoms with Crippen molar-refractivity contribution in [3.8, 4) is 0 Å². The van der Waals surface area contributed by atoms with Crippen molar-refractivity contribution in [1.82, 2.24) is 10.6 Å². The number of aliphatic hydroxyl groups is 1. The lowest BCUT2D eigenvalue weighted by Gasteiger charge is -2.22. The molecule has 0 saturated heterocycles. The zero-order chi connectivity index (χ0) is 15.9. The van der Waals surface area contributed by atoms with E-state index in [0.29, 0.717) is 0 Å². The average Bonchev–Trinajstić information content (AvgIpc) is 2.45. The van der Waals surface area contributed by atoms with Crippen LogP contribution in [0.3, 0.4) is 0 Å². The van der Waals surface area contributed by atoms with Gasteiger partial charge in [-0.2, -0.15) is 0 Å². The van der Waals surface area contributed by atoms with E-state index in [1.807, 2.05) is 30.3 Å². The number of carbonyl (C=O) groups is 2. The van der Waals surface area contributed by atoms with Gasteiger partial charge in [-0.1, -0.05) is 30.3 Å². The molecule has 3 N–H and O–H groups in total. The fourth-order valence-electron chi connectivity index (χ4n) is 1.80. The third kappa shape index (κ3) is 5.93. The Morgan fingerprint density at radius 1 is 1.29 bits per heavy atom. The number of hydrogen-bond acceptors (Lipinski definition) is 4. The first-order chi connectivity index (χ1) is 9.85. The molecule has 0 bridgehead atoms. The topological polar surface area (TPSA) is 87.7 Å². The molecule has 116 valence electrons. The summed E-state index contributed by atoms with van der Waals surface area (Å²) in [5, 5.41) is 14.8. The maximum absolute atomic E-state index is 11.8. The highest BCUT2D eigenvalue weighted by Crippen LogP contribution is 2.10. The van der Waals surface area contributed by atoms with Gasteiger partial charge in [-0.05, 0) is 19.4 Å². The van der Waals surface area contributed by atoms with Crippen LogP contribution < -0.4 is 10.6 Å². The van der Waals surface area contributed by atoms with E-state index in [-0.39, 0.29) is 19.2 Å². The quantitative estimate of drug-likeness (QED) is 0.662. The highest BCUT2D eigenvalue weighted by molar-refractivity contribution is 6.35. The molecule has 1 rings (SSSR count). The Morgan fingerprint density at radius 2 is 1.90 bits per heavy atom. The van der Waals surface area contributed by atoms with E-state index in [0.717, 1.165) is 5.56 Å². The maximum atomic E-state index is 11.8. The molecule has 0 aliphatic rings. The minimum absolute atomic E-state index is 0.0627. The molecule has 0 saturated carbocycles. The number of carbonyl (C=O) groups excluding carboxylic acids is 2. The summed E-state index contributed by atoms with van der Waals surface area (Å²) in [5.41, 5.74) is -0.305.